The van der Waals surface area contributed by atoms with Gasteiger partial charge in [-0.2, -0.15) is 0 Å². The smallest absolute Gasteiger partial charge is 0.310 e. The van der Waals surface area contributed by atoms with Crippen LogP contribution in [0.1, 0.15) is 25.0 Å². The van der Waals surface area contributed by atoms with Crippen molar-refractivity contribution >= 4 is 5.97 Å². The average molecular weight is 204 g/mol. The molecule has 2 rings (SSSR count). The van der Waals surface area contributed by atoms with Crippen LogP contribution >= 0.6 is 0 Å². The third-order valence-electron chi connectivity index (χ3n) is 2.90. The molecule has 2 nitrogen and oxygen atoms in total. The minimum Gasteiger partial charge on any atom is -0.461 e. The van der Waals surface area contributed by atoms with Gasteiger partial charge in [-0.1, -0.05) is 38.1 Å². The molecule has 0 bridgehead atoms. The fourth-order valence-corrected chi connectivity index (χ4v) is 1.93. The lowest BCUT2D eigenvalue weighted by Crippen LogP contribution is -2.24. The first kappa shape index (κ1) is 10.2. The van der Waals surface area contributed by atoms with Crippen molar-refractivity contribution in [2.75, 3.05) is 0 Å². The number of hydrogen-bond acceptors (Lipinski definition) is 2. The number of carbonyl (C=O) groups is 1. The summed E-state index contributed by atoms with van der Waals surface area (Å²) in [5.41, 5.74) is 2.37. The van der Waals surface area contributed by atoms with Crippen LogP contribution < -0.4 is 0 Å². The van der Waals surface area contributed by atoms with Crippen LogP contribution in [0.2, 0.25) is 0 Å². The van der Waals surface area contributed by atoms with Crippen molar-refractivity contribution in [2.24, 2.45) is 5.92 Å². The zero-order valence-corrected chi connectivity index (χ0v) is 9.19. The molecular formula is C13H16O2. The number of ether oxygens (including phenoxy) is 1. The van der Waals surface area contributed by atoms with Gasteiger partial charge in [-0.25, -0.2) is 0 Å². The van der Waals surface area contributed by atoms with Gasteiger partial charge in [-0.05, 0) is 17.0 Å². The first-order valence-corrected chi connectivity index (χ1v) is 5.43. The molecule has 0 aromatic heterocycles. The maximum absolute atomic E-state index is 11.5. The van der Waals surface area contributed by atoms with Crippen molar-refractivity contribution < 1.29 is 9.53 Å². The Labute approximate surface area is 90.3 Å². The Balaban J connectivity index is 2.31. The van der Waals surface area contributed by atoms with Crippen LogP contribution in [0, 0.1) is 5.92 Å². The first-order chi connectivity index (χ1) is 7.16. The number of cyclic esters (lactones) is 1. The molecule has 0 aliphatic carbocycles. The summed E-state index contributed by atoms with van der Waals surface area (Å²) in [5, 5.41) is 0. The summed E-state index contributed by atoms with van der Waals surface area (Å²) >= 11 is 0. The van der Waals surface area contributed by atoms with Crippen LogP contribution in [-0.2, 0) is 22.4 Å². The normalized spacial score (nSPS) is 20.7. The molecule has 0 amide bonds. The second-order valence-corrected chi connectivity index (χ2v) is 4.42. The van der Waals surface area contributed by atoms with Crippen molar-refractivity contribution in [1.82, 2.24) is 0 Å². The summed E-state index contributed by atoms with van der Waals surface area (Å²) in [6, 6.07) is 8.10. The Hall–Kier alpha value is -1.31. The van der Waals surface area contributed by atoms with E-state index in [0.717, 1.165) is 12.0 Å². The predicted octanol–water partition coefficient (Wildman–Crippen LogP) is 2.35. The van der Waals surface area contributed by atoms with Crippen molar-refractivity contribution in [1.29, 1.82) is 0 Å². The van der Waals surface area contributed by atoms with Gasteiger partial charge in [0.15, 0.2) is 0 Å². The molecule has 0 saturated carbocycles. The van der Waals surface area contributed by atoms with Crippen LogP contribution in [0.3, 0.4) is 0 Å². The molecule has 0 spiro atoms. The quantitative estimate of drug-likeness (QED) is 0.656. The Morgan fingerprint density at radius 2 is 1.93 bits per heavy atom. The molecule has 1 aromatic carbocycles. The molecule has 1 atom stereocenters. The van der Waals surface area contributed by atoms with E-state index >= 15 is 0 Å². The molecular weight excluding hydrogens is 188 g/mol. The second-order valence-electron chi connectivity index (χ2n) is 4.42. The third kappa shape index (κ3) is 2.20. The van der Waals surface area contributed by atoms with Crippen LogP contribution in [-0.4, -0.2) is 12.1 Å². The zero-order chi connectivity index (χ0) is 10.8. The van der Waals surface area contributed by atoms with Crippen molar-refractivity contribution in [3.05, 3.63) is 35.4 Å². The molecule has 1 heterocycles. The third-order valence-corrected chi connectivity index (χ3v) is 2.90. The Morgan fingerprint density at radius 3 is 2.60 bits per heavy atom. The molecule has 1 aliphatic rings. The molecule has 80 valence electrons. The topological polar surface area (TPSA) is 26.3 Å². The summed E-state index contributed by atoms with van der Waals surface area (Å²) in [7, 11) is 0. The van der Waals surface area contributed by atoms with E-state index in [1.54, 1.807) is 0 Å². The predicted molar refractivity (Wildman–Crippen MR) is 58.6 cm³/mol. The fraction of sp³-hybridized carbons (Fsp3) is 0.462. The Morgan fingerprint density at radius 1 is 1.27 bits per heavy atom. The van der Waals surface area contributed by atoms with Gasteiger partial charge in [0.05, 0.1) is 6.42 Å². The summed E-state index contributed by atoms with van der Waals surface area (Å²) in [4.78, 5) is 11.5. The summed E-state index contributed by atoms with van der Waals surface area (Å²) in [5.74, 6) is 0.277. The summed E-state index contributed by atoms with van der Waals surface area (Å²) in [6.07, 6.45) is 1.29. The number of carbonyl (C=O) groups excluding carboxylic acids is 1. The van der Waals surface area contributed by atoms with Gasteiger partial charge in [0.1, 0.15) is 6.10 Å². The van der Waals surface area contributed by atoms with E-state index in [1.807, 2.05) is 18.2 Å². The van der Waals surface area contributed by atoms with E-state index in [0.29, 0.717) is 12.3 Å². The molecule has 15 heavy (non-hydrogen) atoms. The van der Waals surface area contributed by atoms with Crippen LogP contribution in [0.5, 0.6) is 0 Å². The molecule has 0 radical (unpaired) electrons. The monoisotopic (exact) mass is 204 g/mol. The summed E-state index contributed by atoms with van der Waals surface area (Å²) in [6.45, 7) is 4.18. The molecule has 1 aromatic rings. The van der Waals surface area contributed by atoms with Gasteiger partial charge in [0, 0.05) is 6.42 Å². The molecule has 0 saturated heterocycles. The van der Waals surface area contributed by atoms with E-state index in [9.17, 15) is 4.79 Å². The van der Waals surface area contributed by atoms with Gasteiger partial charge in [0.2, 0.25) is 0 Å². The fourth-order valence-electron chi connectivity index (χ4n) is 1.93. The maximum atomic E-state index is 11.5. The summed E-state index contributed by atoms with van der Waals surface area (Å²) < 4.78 is 5.42. The number of hydrogen-bond donors (Lipinski definition) is 0. The van der Waals surface area contributed by atoms with E-state index in [2.05, 4.69) is 19.9 Å². The van der Waals surface area contributed by atoms with Crippen LogP contribution in [0.25, 0.3) is 0 Å². The van der Waals surface area contributed by atoms with Crippen molar-refractivity contribution in [3.63, 3.8) is 0 Å². The minimum absolute atomic E-state index is 0.0288. The average Bonchev–Trinajstić information content (AvgIpc) is 2.35. The highest BCUT2D eigenvalue weighted by molar-refractivity contribution is 5.74. The van der Waals surface area contributed by atoms with Crippen LogP contribution in [0.15, 0.2) is 24.3 Å². The van der Waals surface area contributed by atoms with Gasteiger partial charge < -0.3 is 4.74 Å². The Bertz CT molecular complexity index is 369. The van der Waals surface area contributed by atoms with Crippen molar-refractivity contribution in [2.45, 2.75) is 32.8 Å². The van der Waals surface area contributed by atoms with E-state index < -0.39 is 0 Å². The molecule has 0 fully saturated rings. The SMILES string of the molecule is CC(C)C1Cc2ccccc2CC(=O)O1. The first-order valence-electron chi connectivity index (χ1n) is 5.43. The van der Waals surface area contributed by atoms with Crippen LogP contribution in [0.4, 0.5) is 0 Å². The highest BCUT2D eigenvalue weighted by Crippen LogP contribution is 2.22. The highest BCUT2D eigenvalue weighted by Gasteiger charge is 2.24. The maximum Gasteiger partial charge on any atom is 0.310 e. The van der Waals surface area contributed by atoms with Gasteiger partial charge >= 0.3 is 5.97 Å². The van der Waals surface area contributed by atoms with Gasteiger partial charge in [-0.3, -0.25) is 4.79 Å². The lowest BCUT2D eigenvalue weighted by atomic mass is 9.96. The molecule has 2 heteroatoms. The molecule has 0 N–H and O–H groups in total. The lowest BCUT2D eigenvalue weighted by molar-refractivity contribution is -0.149. The highest BCUT2D eigenvalue weighted by atomic mass is 16.5. The number of benzene rings is 1. The second kappa shape index (κ2) is 4.05. The van der Waals surface area contributed by atoms with E-state index in [1.165, 1.54) is 5.56 Å². The Kier molecular flexibility index (Phi) is 2.76. The van der Waals surface area contributed by atoms with Gasteiger partial charge in [-0.15, -0.1) is 0 Å². The van der Waals surface area contributed by atoms with Gasteiger partial charge in [0.25, 0.3) is 0 Å². The zero-order valence-electron chi connectivity index (χ0n) is 9.19. The van der Waals surface area contributed by atoms with Crippen molar-refractivity contribution in [3.8, 4) is 0 Å². The minimum atomic E-state index is -0.0985. The van der Waals surface area contributed by atoms with E-state index in [-0.39, 0.29) is 12.1 Å². The number of fused-ring (bicyclic) bond motifs is 1. The van der Waals surface area contributed by atoms with E-state index in [4.69, 9.17) is 4.74 Å². The number of rotatable bonds is 1. The lowest BCUT2D eigenvalue weighted by Gasteiger charge is -2.18. The molecule has 1 unspecified atom stereocenters. The number of esters is 1. The largest absolute Gasteiger partial charge is 0.461 e. The molecule has 1 aliphatic heterocycles. The standard InChI is InChI=1S/C13H16O2/c1-9(2)12-7-10-5-3-4-6-11(10)8-13(14)15-12/h3-6,9,12H,7-8H2,1-2H3.